The summed E-state index contributed by atoms with van der Waals surface area (Å²) in [6.45, 7) is 0. The van der Waals surface area contributed by atoms with Gasteiger partial charge in [-0.3, -0.25) is 0 Å². The fraction of sp³-hybridized carbons (Fsp3) is 0. The van der Waals surface area contributed by atoms with Crippen molar-refractivity contribution in [1.29, 1.82) is 0 Å². The number of rotatable bonds is 8. The van der Waals surface area contributed by atoms with Gasteiger partial charge in [-0.25, -0.2) is 15.0 Å². The van der Waals surface area contributed by atoms with Crippen LogP contribution in [0.2, 0.25) is 0 Å². The normalized spacial score (nSPS) is 11.0. The van der Waals surface area contributed by atoms with Crippen molar-refractivity contribution in [1.82, 2.24) is 15.0 Å². The second kappa shape index (κ2) is 14.8. The Morgan fingerprint density at radius 1 is 0.185 bits per heavy atom. The van der Waals surface area contributed by atoms with E-state index in [4.69, 9.17) is 15.0 Å². The predicted octanol–water partition coefficient (Wildman–Crippen LogP) is 13.2. The molecule has 0 saturated carbocycles. The third-order valence-corrected chi connectivity index (χ3v) is 9.80. The molecule has 254 valence electrons. The molecule has 0 atom stereocenters. The Morgan fingerprint density at radius 2 is 0.500 bits per heavy atom. The molecule has 3 nitrogen and oxygen atoms in total. The minimum Gasteiger partial charge on any atom is -0.208 e. The van der Waals surface area contributed by atoms with Gasteiger partial charge < -0.3 is 0 Å². The van der Waals surface area contributed by atoms with Crippen molar-refractivity contribution < 1.29 is 0 Å². The van der Waals surface area contributed by atoms with Gasteiger partial charge in [0.1, 0.15) is 0 Å². The fourth-order valence-electron chi connectivity index (χ4n) is 7.11. The topological polar surface area (TPSA) is 38.7 Å². The average molecular weight is 690 g/mol. The summed E-state index contributed by atoms with van der Waals surface area (Å²) in [5.74, 6) is 1.88. The summed E-state index contributed by atoms with van der Waals surface area (Å²) in [6.07, 6.45) is 0. The smallest absolute Gasteiger partial charge is 0.164 e. The van der Waals surface area contributed by atoms with E-state index in [9.17, 15) is 0 Å². The molecule has 0 aliphatic heterocycles. The van der Waals surface area contributed by atoms with Gasteiger partial charge in [0.25, 0.3) is 0 Å². The van der Waals surface area contributed by atoms with Crippen LogP contribution in [-0.2, 0) is 0 Å². The number of nitrogens with zero attached hydrogens (tertiary/aromatic N) is 3. The minimum atomic E-state index is 0.623. The molecule has 0 saturated heterocycles. The van der Waals surface area contributed by atoms with Crippen LogP contribution in [0.1, 0.15) is 0 Å². The summed E-state index contributed by atoms with van der Waals surface area (Å²) in [7, 11) is 0. The molecular formula is C51H35N3. The molecule has 9 rings (SSSR count). The Labute approximate surface area is 316 Å². The standard InChI is InChI=1S/C51H35N3/c1-5-16-36(17-6-1)37-28-32-42(33-29-37)49-52-50(54-51(53-49)47-25-14-13-24-44(47)38-18-7-2-8-19-38)43-34-30-40(31-35-43)46-27-15-26-45(39-20-9-3-10-21-39)48(46)41-22-11-4-12-23-41/h1-35H. The van der Waals surface area contributed by atoms with Crippen molar-refractivity contribution in [3.63, 3.8) is 0 Å². The van der Waals surface area contributed by atoms with Gasteiger partial charge in [-0.2, -0.15) is 0 Å². The number of benzene rings is 8. The highest BCUT2D eigenvalue weighted by atomic mass is 15.0. The molecule has 1 heterocycles. The molecule has 9 aromatic rings. The highest BCUT2D eigenvalue weighted by molar-refractivity contribution is 5.94. The van der Waals surface area contributed by atoms with Gasteiger partial charge in [-0.05, 0) is 55.6 Å². The van der Waals surface area contributed by atoms with E-state index >= 15 is 0 Å². The predicted molar refractivity (Wildman–Crippen MR) is 223 cm³/mol. The van der Waals surface area contributed by atoms with Crippen molar-refractivity contribution in [2.24, 2.45) is 0 Å². The Hall–Kier alpha value is -7.23. The van der Waals surface area contributed by atoms with Crippen LogP contribution in [0, 0.1) is 0 Å². The molecule has 0 spiro atoms. The van der Waals surface area contributed by atoms with Crippen molar-refractivity contribution in [2.45, 2.75) is 0 Å². The summed E-state index contributed by atoms with van der Waals surface area (Å²) >= 11 is 0. The molecule has 0 N–H and O–H groups in total. The first-order valence-corrected chi connectivity index (χ1v) is 18.2. The highest BCUT2D eigenvalue weighted by Crippen LogP contribution is 2.41. The fourth-order valence-corrected chi connectivity index (χ4v) is 7.11. The first kappa shape index (κ1) is 32.7. The van der Waals surface area contributed by atoms with E-state index in [0.717, 1.165) is 38.9 Å². The van der Waals surface area contributed by atoms with Crippen LogP contribution in [0.15, 0.2) is 212 Å². The maximum absolute atomic E-state index is 5.15. The van der Waals surface area contributed by atoms with Gasteiger partial charge in [0.05, 0.1) is 0 Å². The lowest BCUT2D eigenvalue weighted by atomic mass is 9.87. The largest absolute Gasteiger partial charge is 0.208 e. The lowest BCUT2D eigenvalue weighted by Gasteiger charge is -2.16. The molecule has 0 aliphatic rings. The minimum absolute atomic E-state index is 0.623. The summed E-state index contributed by atoms with van der Waals surface area (Å²) < 4.78 is 0. The van der Waals surface area contributed by atoms with E-state index < -0.39 is 0 Å². The van der Waals surface area contributed by atoms with Crippen LogP contribution in [0.4, 0.5) is 0 Å². The van der Waals surface area contributed by atoms with E-state index in [-0.39, 0.29) is 0 Å². The van der Waals surface area contributed by atoms with Crippen molar-refractivity contribution in [3.05, 3.63) is 212 Å². The number of hydrogen-bond donors (Lipinski definition) is 0. The summed E-state index contributed by atoms with van der Waals surface area (Å²) in [4.78, 5) is 15.4. The molecule has 0 amide bonds. The van der Waals surface area contributed by atoms with Crippen LogP contribution in [0.25, 0.3) is 89.8 Å². The van der Waals surface area contributed by atoms with Crippen molar-refractivity contribution >= 4 is 0 Å². The van der Waals surface area contributed by atoms with Gasteiger partial charge in [-0.15, -0.1) is 0 Å². The molecule has 0 fully saturated rings. The SMILES string of the molecule is c1ccc(-c2ccc(-c3nc(-c4ccc(-c5cccc(-c6ccccc6)c5-c5ccccc5)cc4)nc(-c4ccccc4-c4ccccc4)n3)cc2)cc1. The van der Waals surface area contributed by atoms with Crippen LogP contribution in [0.5, 0.6) is 0 Å². The monoisotopic (exact) mass is 689 g/mol. The first-order valence-electron chi connectivity index (χ1n) is 18.2. The Bertz CT molecular complexity index is 2660. The van der Waals surface area contributed by atoms with Crippen molar-refractivity contribution in [3.8, 4) is 89.8 Å². The maximum Gasteiger partial charge on any atom is 0.164 e. The lowest BCUT2D eigenvalue weighted by molar-refractivity contribution is 1.07. The molecule has 3 heteroatoms. The molecule has 0 radical (unpaired) electrons. The average Bonchev–Trinajstić information content (AvgIpc) is 3.27. The zero-order chi connectivity index (χ0) is 36.1. The third kappa shape index (κ3) is 6.63. The lowest BCUT2D eigenvalue weighted by Crippen LogP contribution is -2.01. The van der Waals surface area contributed by atoms with Gasteiger partial charge in [0, 0.05) is 16.7 Å². The Kier molecular flexibility index (Phi) is 8.94. The van der Waals surface area contributed by atoms with Crippen molar-refractivity contribution in [2.75, 3.05) is 0 Å². The van der Waals surface area contributed by atoms with Crippen LogP contribution in [0.3, 0.4) is 0 Å². The highest BCUT2D eigenvalue weighted by Gasteiger charge is 2.17. The zero-order valence-corrected chi connectivity index (χ0v) is 29.5. The van der Waals surface area contributed by atoms with Gasteiger partial charge in [-0.1, -0.05) is 212 Å². The zero-order valence-electron chi connectivity index (χ0n) is 29.5. The van der Waals surface area contributed by atoms with Crippen LogP contribution in [-0.4, -0.2) is 15.0 Å². The number of hydrogen-bond acceptors (Lipinski definition) is 3. The molecule has 1 aromatic heterocycles. The second-order valence-corrected chi connectivity index (χ2v) is 13.2. The number of aromatic nitrogens is 3. The molecular weight excluding hydrogens is 655 g/mol. The Morgan fingerprint density at radius 3 is 1.02 bits per heavy atom. The Balaban J connectivity index is 1.16. The third-order valence-electron chi connectivity index (χ3n) is 9.80. The summed E-state index contributed by atoms with van der Waals surface area (Å²) in [5.41, 5.74) is 14.4. The van der Waals surface area contributed by atoms with Gasteiger partial charge in [0.2, 0.25) is 0 Å². The molecule has 8 aromatic carbocycles. The molecule has 0 aliphatic carbocycles. The van der Waals surface area contributed by atoms with E-state index in [1.54, 1.807) is 0 Å². The summed E-state index contributed by atoms with van der Waals surface area (Å²) in [5, 5.41) is 0. The quantitative estimate of drug-likeness (QED) is 0.159. The maximum atomic E-state index is 5.15. The van der Waals surface area contributed by atoms with E-state index in [1.807, 2.05) is 18.2 Å². The summed E-state index contributed by atoms with van der Waals surface area (Å²) in [6, 6.07) is 74.1. The molecule has 0 bridgehead atoms. The van der Waals surface area contributed by atoms with E-state index in [2.05, 4.69) is 194 Å². The second-order valence-electron chi connectivity index (χ2n) is 13.2. The van der Waals surface area contributed by atoms with E-state index in [0.29, 0.717) is 17.5 Å². The van der Waals surface area contributed by atoms with Gasteiger partial charge >= 0.3 is 0 Å². The molecule has 54 heavy (non-hydrogen) atoms. The van der Waals surface area contributed by atoms with Gasteiger partial charge in [0.15, 0.2) is 17.5 Å². The van der Waals surface area contributed by atoms with Crippen LogP contribution < -0.4 is 0 Å². The van der Waals surface area contributed by atoms with Crippen LogP contribution >= 0.6 is 0 Å². The first-order chi connectivity index (χ1) is 26.8. The van der Waals surface area contributed by atoms with E-state index in [1.165, 1.54) is 33.4 Å². The molecule has 0 unspecified atom stereocenters.